The third kappa shape index (κ3) is 1.97. The standard InChI is InChI=1S/C8H11BrN2O/c1-5(12)7-4-6(11-10)2-3-8(7)9/h2-5,11-12H,10H2,1H3. The molecule has 0 aliphatic heterocycles. The minimum Gasteiger partial charge on any atom is -0.389 e. The predicted molar refractivity (Wildman–Crippen MR) is 52.6 cm³/mol. The summed E-state index contributed by atoms with van der Waals surface area (Å²) >= 11 is 3.33. The van der Waals surface area contributed by atoms with Gasteiger partial charge in [-0.05, 0) is 30.7 Å². The number of nitrogen functional groups attached to an aromatic ring is 1. The number of hydrazine groups is 1. The molecule has 1 aromatic rings. The Balaban J connectivity index is 3.08. The second-order valence-electron chi connectivity index (χ2n) is 2.56. The van der Waals surface area contributed by atoms with Crippen LogP contribution in [0.25, 0.3) is 0 Å². The maximum atomic E-state index is 9.33. The normalized spacial score (nSPS) is 12.7. The summed E-state index contributed by atoms with van der Waals surface area (Å²) in [6.45, 7) is 1.71. The number of benzene rings is 1. The number of aliphatic hydroxyl groups excluding tert-OH is 1. The molecule has 1 unspecified atom stereocenters. The van der Waals surface area contributed by atoms with Crippen molar-refractivity contribution in [3.8, 4) is 0 Å². The second kappa shape index (κ2) is 3.89. The van der Waals surface area contributed by atoms with Crippen molar-refractivity contribution in [3.63, 3.8) is 0 Å². The molecule has 0 bridgehead atoms. The van der Waals surface area contributed by atoms with Gasteiger partial charge in [0.1, 0.15) is 0 Å². The average molecular weight is 231 g/mol. The van der Waals surface area contributed by atoms with Crippen LogP contribution >= 0.6 is 15.9 Å². The number of nitrogens with one attached hydrogen (secondary N) is 1. The van der Waals surface area contributed by atoms with E-state index in [0.717, 1.165) is 15.7 Å². The summed E-state index contributed by atoms with van der Waals surface area (Å²) in [4.78, 5) is 0. The van der Waals surface area contributed by atoms with Gasteiger partial charge in [0.25, 0.3) is 0 Å². The van der Waals surface area contributed by atoms with Crippen LogP contribution in [0.2, 0.25) is 0 Å². The Hall–Kier alpha value is -0.580. The fourth-order valence-electron chi connectivity index (χ4n) is 0.954. The molecule has 0 heterocycles. The molecule has 0 aliphatic rings. The van der Waals surface area contributed by atoms with Gasteiger partial charge in [0.2, 0.25) is 0 Å². The third-order valence-corrected chi connectivity index (χ3v) is 2.33. The number of halogens is 1. The van der Waals surface area contributed by atoms with E-state index < -0.39 is 6.10 Å². The molecule has 1 rings (SSSR count). The van der Waals surface area contributed by atoms with Crippen LogP contribution in [0.3, 0.4) is 0 Å². The monoisotopic (exact) mass is 230 g/mol. The summed E-state index contributed by atoms with van der Waals surface area (Å²) in [5.74, 6) is 5.22. The van der Waals surface area contributed by atoms with Crippen molar-refractivity contribution in [2.75, 3.05) is 5.43 Å². The Bertz CT molecular complexity index is 276. The quantitative estimate of drug-likeness (QED) is 0.537. The largest absolute Gasteiger partial charge is 0.389 e. The highest BCUT2D eigenvalue weighted by Gasteiger charge is 2.05. The molecule has 0 fully saturated rings. The molecule has 4 heteroatoms. The first-order valence-corrected chi connectivity index (χ1v) is 4.38. The van der Waals surface area contributed by atoms with E-state index in [1.54, 1.807) is 13.0 Å². The van der Waals surface area contributed by atoms with Gasteiger partial charge >= 0.3 is 0 Å². The molecule has 4 N–H and O–H groups in total. The maximum absolute atomic E-state index is 9.33. The zero-order chi connectivity index (χ0) is 9.14. The number of hydrogen-bond donors (Lipinski definition) is 3. The molecule has 0 spiro atoms. The number of aliphatic hydroxyl groups is 1. The van der Waals surface area contributed by atoms with Crippen molar-refractivity contribution >= 4 is 21.6 Å². The summed E-state index contributed by atoms with van der Waals surface area (Å²) < 4.78 is 0.886. The van der Waals surface area contributed by atoms with Crippen molar-refractivity contribution in [1.29, 1.82) is 0 Å². The highest BCUT2D eigenvalue weighted by atomic mass is 79.9. The van der Waals surface area contributed by atoms with Gasteiger partial charge in [0.05, 0.1) is 6.10 Å². The topological polar surface area (TPSA) is 58.3 Å². The third-order valence-electron chi connectivity index (χ3n) is 1.61. The first-order chi connectivity index (χ1) is 5.65. The summed E-state index contributed by atoms with van der Waals surface area (Å²) in [6, 6.07) is 5.47. The van der Waals surface area contributed by atoms with E-state index in [4.69, 9.17) is 5.84 Å². The first kappa shape index (κ1) is 9.51. The number of nitrogens with two attached hydrogens (primary N) is 1. The molecule has 66 valence electrons. The molecule has 3 nitrogen and oxygen atoms in total. The molecular weight excluding hydrogens is 220 g/mol. The van der Waals surface area contributed by atoms with Crippen LogP contribution in [0.4, 0.5) is 5.69 Å². The number of rotatable bonds is 2. The second-order valence-corrected chi connectivity index (χ2v) is 3.41. The Morgan fingerprint density at radius 2 is 2.25 bits per heavy atom. The molecule has 1 aromatic carbocycles. The van der Waals surface area contributed by atoms with Gasteiger partial charge in [0, 0.05) is 10.2 Å². The number of anilines is 1. The Morgan fingerprint density at radius 1 is 1.58 bits per heavy atom. The lowest BCUT2D eigenvalue weighted by Crippen LogP contribution is -2.07. The van der Waals surface area contributed by atoms with Crippen LogP contribution < -0.4 is 11.3 Å². The molecular formula is C8H11BrN2O. The molecule has 0 saturated carbocycles. The van der Waals surface area contributed by atoms with E-state index in [2.05, 4.69) is 21.4 Å². The van der Waals surface area contributed by atoms with Crippen LogP contribution in [0, 0.1) is 0 Å². The smallest absolute Gasteiger partial charge is 0.0773 e. The summed E-state index contributed by atoms with van der Waals surface area (Å²) in [5, 5.41) is 9.33. The van der Waals surface area contributed by atoms with E-state index in [1.807, 2.05) is 12.1 Å². The van der Waals surface area contributed by atoms with Crippen LogP contribution in [0.15, 0.2) is 22.7 Å². The maximum Gasteiger partial charge on any atom is 0.0773 e. The van der Waals surface area contributed by atoms with Crippen LogP contribution in [0.1, 0.15) is 18.6 Å². The zero-order valence-electron chi connectivity index (χ0n) is 6.71. The molecule has 0 radical (unpaired) electrons. The van der Waals surface area contributed by atoms with Gasteiger partial charge in [-0.25, -0.2) is 0 Å². The van der Waals surface area contributed by atoms with Crippen molar-refractivity contribution in [2.24, 2.45) is 5.84 Å². The van der Waals surface area contributed by atoms with E-state index in [-0.39, 0.29) is 0 Å². The lowest BCUT2D eigenvalue weighted by atomic mass is 10.1. The van der Waals surface area contributed by atoms with Crippen molar-refractivity contribution in [1.82, 2.24) is 0 Å². The minimum atomic E-state index is -0.493. The lowest BCUT2D eigenvalue weighted by molar-refractivity contribution is 0.198. The van der Waals surface area contributed by atoms with Gasteiger partial charge < -0.3 is 10.5 Å². The summed E-state index contributed by atoms with van der Waals surface area (Å²) in [6.07, 6.45) is -0.493. The van der Waals surface area contributed by atoms with E-state index in [1.165, 1.54) is 0 Å². The van der Waals surface area contributed by atoms with E-state index in [9.17, 15) is 5.11 Å². The Kier molecular flexibility index (Phi) is 3.08. The zero-order valence-corrected chi connectivity index (χ0v) is 8.30. The van der Waals surface area contributed by atoms with Gasteiger partial charge in [-0.3, -0.25) is 5.84 Å². The Labute approximate surface area is 79.7 Å². The van der Waals surface area contributed by atoms with E-state index >= 15 is 0 Å². The molecule has 0 aliphatic carbocycles. The fraction of sp³-hybridized carbons (Fsp3) is 0.250. The van der Waals surface area contributed by atoms with Crippen molar-refractivity contribution in [3.05, 3.63) is 28.2 Å². The van der Waals surface area contributed by atoms with Crippen LogP contribution in [-0.2, 0) is 0 Å². The van der Waals surface area contributed by atoms with Crippen LogP contribution in [-0.4, -0.2) is 5.11 Å². The summed E-state index contributed by atoms with van der Waals surface area (Å²) in [7, 11) is 0. The van der Waals surface area contributed by atoms with Crippen molar-refractivity contribution < 1.29 is 5.11 Å². The lowest BCUT2D eigenvalue weighted by Gasteiger charge is -2.09. The van der Waals surface area contributed by atoms with Gasteiger partial charge in [0.15, 0.2) is 0 Å². The van der Waals surface area contributed by atoms with Crippen LogP contribution in [0.5, 0.6) is 0 Å². The molecule has 1 atom stereocenters. The predicted octanol–water partition coefficient (Wildman–Crippen LogP) is 1.79. The van der Waals surface area contributed by atoms with Gasteiger partial charge in [-0.15, -0.1) is 0 Å². The molecule has 0 amide bonds. The van der Waals surface area contributed by atoms with E-state index in [0.29, 0.717) is 0 Å². The molecule has 12 heavy (non-hydrogen) atoms. The van der Waals surface area contributed by atoms with Gasteiger partial charge in [-0.2, -0.15) is 0 Å². The highest BCUT2D eigenvalue weighted by Crippen LogP contribution is 2.25. The summed E-state index contributed by atoms with van der Waals surface area (Å²) in [5.41, 5.74) is 4.13. The fourth-order valence-corrected chi connectivity index (χ4v) is 1.53. The minimum absolute atomic E-state index is 0.493. The first-order valence-electron chi connectivity index (χ1n) is 3.59. The van der Waals surface area contributed by atoms with Gasteiger partial charge in [-0.1, -0.05) is 15.9 Å². The average Bonchev–Trinajstić information content (AvgIpc) is 2.05. The number of hydrogen-bond acceptors (Lipinski definition) is 3. The molecule has 0 saturated heterocycles. The highest BCUT2D eigenvalue weighted by molar-refractivity contribution is 9.10. The molecule has 0 aromatic heterocycles. The Morgan fingerprint density at radius 3 is 2.75 bits per heavy atom. The van der Waals surface area contributed by atoms with Crippen molar-refractivity contribution in [2.45, 2.75) is 13.0 Å². The SMILES string of the molecule is CC(O)c1cc(NN)ccc1Br.